The third-order valence-corrected chi connectivity index (χ3v) is 2.61. The number of aldehydes is 1. The van der Waals surface area contributed by atoms with Gasteiger partial charge >= 0.3 is 0 Å². The number of benzene rings is 2. The molecule has 2 nitrogen and oxygen atoms in total. The van der Waals surface area contributed by atoms with Gasteiger partial charge in [0.25, 0.3) is 0 Å². The molecule has 0 atom stereocenters. The van der Waals surface area contributed by atoms with Gasteiger partial charge in [-0.25, -0.2) is 0 Å². The molecule has 17 heavy (non-hydrogen) atoms. The zero-order valence-electron chi connectivity index (χ0n) is 9.26. The lowest BCUT2D eigenvalue weighted by atomic mass is 9.98. The van der Waals surface area contributed by atoms with E-state index in [0.717, 1.165) is 23.0 Å². The first kappa shape index (κ1) is 11.1. The van der Waals surface area contributed by atoms with Gasteiger partial charge < -0.3 is 0 Å². The van der Waals surface area contributed by atoms with Crippen LogP contribution in [0.2, 0.25) is 0 Å². The molecule has 0 fully saturated rings. The summed E-state index contributed by atoms with van der Waals surface area (Å²) >= 11 is 0. The molecule has 0 saturated heterocycles. The summed E-state index contributed by atoms with van der Waals surface area (Å²) in [5, 5.41) is 8.68. The highest BCUT2D eigenvalue weighted by Gasteiger charge is 2.04. The predicted molar refractivity (Wildman–Crippen MR) is 66.6 cm³/mol. The minimum atomic E-state index is 0.386. The molecular formula is C15H11NO. The van der Waals surface area contributed by atoms with Crippen molar-refractivity contribution in [3.8, 4) is 17.2 Å². The summed E-state index contributed by atoms with van der Waals surface area (Å²) in [5.41, 5.74) is 3.51. The highest BCUT2D eigenvalue weighted by atomic mass is 16.1. The molecule has 0 N–H and O–H groups in total. The van der Waals surface area contributed by atoms with Crippen LogP contribution >= 0.6 is 0 Å². The minimum Gasteiger partial charge on any atom is -0.298 e. The minimum absolute atomic E-state index is 0.386. The maximum absolute atomic E-state index is 11.0. The van der Waals surface area contributed by atoms with Gasteiger partial charge in [0, 0.05) is 5.56 Å². The standard InChI is InChI=1S/C15H11NO/c16-9-8-12-4-3-6-13(10-12)15-7-2-1-5-14(15)11-17/h1-7,10-11H,8H2. The van der Waals surface area contributed by atoms with Gasteiger partial charge in [0.2, 0.25) is 0 Å². The van der Waals surface area contributed by atoms with E-state index >= 15 is 0 Å². The normalized spacial score (nSPS) is 9.59. The average molecular weight is 221 g/mol. The number of hydrogen-bond donors (Lipinski definition) is 0. The Morgan fingerprint density at radius 2 is 1.94 bits per heavy atom. The molecule has 0 aromatic heterocycles. The number of carbonyl (C=O) groups excluding carboxylic acids is 1. The van der Waals surface area contributed by atoms with E-state index in [-0.39, 0.29) is 0 Å². The molecule has 0 bridgehead atoms. The highest BCUT2D eigenvalue weighted by Crippen LogP contribution is 2.23. The van der Waals surface area contributed by atoms with E-state index in [1.54, 1.807) is 6.07 Å². The van der Waals surface area contributed by atoms with Crippen LogP contribution in [0.15, 0.2) is 48.5 Å². The molecule has 0 aliphatic heterocycles. The van der Waals surface area contributed by atoms with Crippen molar-refractivity contribution in [3.05, 3.63) is 59.7 Å². The van der Waals surface area contributed by atoms with Crippen LogP contribution in [-0.2, 0) is 6.42 Å². The highest BCUT2D eigenvalue weighted by molar-refractivity contribution is 5.87. The van der Waals surface area contributed by atoms with Gasteiger partial charge in [0.05, 0.1) is 12.5 Å². The van der Waals surface area contributed by atoms with Crippen molar-refractivity contribution in [2.45, 2.75) is 6.42 Å². The Balaban J connectivity index is 2.49. The molecule has 82 valence electrons. The summed E-state index contributed by atoms with van der Waals surface area (Å²) in [4.78, 5) is 11.0. The molecule has 0 amide bonds. The van der Waals surface area contributed by atoms with Crippen LogP contribution in [0.5, 0.6) is 0 Å². The van der Waals surface area contributed by atoms with Crippen molar-refractivity contribution < 1.29 is 4.79 Å². The van der Waals surface area contributed by atoms with Crippen LogP contribution in [0.3, 0.4) is 0 Å². The van der Waals surface area contributed by atoms with Crippen LogP contribution < -0.4 is 0 Å². The molecule has 0 radical (unpaired) electrons. The number of nitriles is 1. The summed E-state index contributed by atoms with van der Waals surface area (Å²) < 4.78 is 0. The van der Waals surface area contributed by atoms with E-state index in [4.69, 9.17) is 5.26 Å². The molecule has 0 saturated carbocycles. The van der Waals surface area contributed by atoms with Crippen LogP contribution in [0.1, 0.15) is 15.9 Å². The summed E-state index contributed by atoms with van der Waals surface area (Å²) in [6.45, 7) is 0. The van der Waals surface area contributed by atoms with Gasteiger partial charge in [-0.2, -0.15) is 5.26 Å². The van der Waals surface area contributed by atoms with Crippen molar-refractivity contribution in [2.75, 3.05) is 0 Å². The molecule has 0 heterocycles. The van der Waals surface area contributed by atoms with Crippen molar-refractivity contribution >= 4 is 6.29 Å². The summed E-state index contributed by atoms with van der Waals surface area (Å²) in [6.07, 6.45) is 1.24. The first-order valence-electron chi connectivity index (χ1n) is 5.35. The SMILES string of the molecule is N#CCc1cccc(-c2ccccc2C=O)c1. The van der Waals surface area contributed by atoms with E-state index < -0.39 is 0 Å². The Kier molecular flexibility index (Phi) is 3.32. The number of nitrogens with zero attached hydrogens (tertiary/aromatic N) is 1. The maximum Gasteiger partial charge on any atom is 0.150 e. The van der Waals surface area contributed by atoms with Crippen LogP contribution in [-0.4, -0.2) is 6.29 Å². The zero-order chi connectivity index (χ0) is 12.1. The predicted octanol–water partition coefficient (Wildman–Crippen LogP) is 3.23. The molecule has 0 unspecified atom stereocenters. The fourth-order valence-electron chi connectivity index (χ4n) is 1.80. The van der Waals surface area contributed by atoms with Crippen LogP contribution in [0, 0.1) is 11.3 Å². The van der Waals surface area contributed by atoms with Gasteiger partial charge in [-0.1, -0.05) is 48.5 Å². The van der Waals surface area contributed by atoms with Crippen LogP contribution in [0.4, 0.5) is 0 Å². The Morgan fingerprint density at radius 3 is 2.71 bits per heavy atom. The lowest BCUT2D eigenvalue weighted by molar-refractivity contribution is 0.112. The molecule has 0 aliphatic rings. The Bertz CT molecular complexity index is 581. The van der Waals surface area contributed by atoms with Crippen molar-refractivity contribution in [1.29, 1.82) is 5.26 Å². The number of carbonyl (C=O) groups is 1. The molecule has 2 heteroatoms. The van der Waals surface area contributed by atoms with E-state index in [1.165, 1.54) is 0 Å². The Morgan fingerprint density at radius 1 is 1.12 bits per heavy atom. The Hall–Kier alpha value is -2.40. The van der Waals surface area contributed by atoms with Gasteiger partial charge in [-0.15, -0.1) is 0 Å². The maximum atomic E-state index is 11.0. The summed E-state index contributed by atoms with van der Waals surface area (Å²) in [6, 6.07) is 17.3. The average Bonchev–Trinajstić information content (AvgIpc) is 2.39. The fourth-order valence-corrected chi connectivity index (χ4v) is 1.80. The molecule has 2 rings (SSSR count). The van der Waals surface area contributed by atoms with E-state index in [0.29, 0.717) is 12.0 Å². The molecule has 0 aliphatic carbocycles. The Labute approximate surface area is 100 Å². The monoisotopic (exact) mass is 221 g/mol. The lowest BCUT2D eigenvalue weighted by Gasteiger charge is -2.05. The quantitative estimate of drug-likeness (QED) is 0.746. The summed E-state index contributed by atoms with van der Waals surface area (Å²) in [5.74, 6) is 0. The lowest BCUT2D eigenvalue weighted by Crippen LogP contribution is -1.88. The second kappa shape index (κ2) is 5.09. The second-order valence-corrected chi connectivity index (χ2v) is 3.74. The van der Waals surface area contributed by atoms with Gasteiger partial charge in [-0.05, 0) is 16.7 Å². The molecule has 2 aromatic carbocycles. The van der Waals surface area contributed by atoms with Gasteiger partial charge in [-0.3, -0.25) is 4.79 Å². The molecule has 2 aromatic rings. The first-order valence-corrected chi connectivity index (χ1v) is 5.35. The number of rotatable bonds is 3. The summed E-state index contributed by atoms with van der Waals surface area (Å²) in [7, 11) is 0. The fraction of sp³-hybridized carbons (Fsp3) is 0.0667. The topological polar surface area (TPSA) is 40.9 Å². The van der Waals surface area contributed by atoms with Crippen molar-refractivity contribution in [2.24, 2.45) is 0 Å². The van der Waals surface area contributed by atoms with E-state index in [9.17, 15) is 4.79 Å². The third kappa shape index (κ3) is 2.40. The zero-order valence-corrected chi connectivity index (χ0v) is 9.26. The van der Waals surface area contributed by atoms with Crippen molar-refractivity contribution in [3.63, 3.8) is 0 Å². The first-order chi connectivity index (χ1) is 8.35. The van der Waals surface area contributed by atoms with E-state index in [2.05, 4.69) is 6.07 Å². The van der Waals surface area contributed by atoms with Gasteiger partial charge in [0.1, 0.15) is 0 Å². The van der Waals surface area contributed by atoms with Gasteiger partial charge in [0.15, 0.2) is 6.29 Å². The second-order valence-electron chi connectivity index (χ2n) is 3.74. The van der Waals surface area contributed by atoms with Crippen LogP contribution in [0.25, 0.3) is 11.1 Å². The smallest absolute Gasteiger partial charge is 0.150 e. The largest absolute Gasteiger partial charge is 0.298 e. The molecule has 0 spiro atoms. The molecular weight excluding hydrogens is 210 g/mol. The third-order valence-electron chi connectivity index (χ3n) is 2.61. The number of hydrogen-bond acceptors (Lipinski definition) is 2. The van der Waals surface area contributed by atoms with E-state index in [1.807, 2.05) is 42.5 Å². The van der Waals surface area contributed by atoms with Crippen molar-refractivity contribution in [1.82, 2.24) is 0 Å².